The quantitative estimate of drug-likeness (QED) is 0.898. The van der Waals surface area contributed by atoms with E-state index in [1.54, 1.807) is 6.20 Å². The summed E-state index contributed by atoms with van der Waals surface area (Å²) in [5, 5.41) is 3.87. The summed E-state index contributed by atoms with van der Waals surface area (Å²) >= 11 is 0. The number of carbonyl (C=O) groups excluding carboxylic acids is 1. The number of anilines is 1. The second-order valence-electron chi connectivity index (χ2n) is 5.23. The average molecular weight is 271 g/mol. The molecule has 4 heteroatoms. The molecule has 2 aromatic rings. The standard InChI is InChI=1S/C16H21N3O/c1-4-10(2)14(17)16(20)19-13-8-7-11(3)15-12(13)6-5-9-18-15/h5-10,14H,4,17H2,1-3H3,(H,19,20)/t10?,14-/m0/s1. The van der Waals surface area contributed by atoms with Crippen LogP contribution in [-0.2, 0) is 4.79 Å². The third-order valence-corrected chi connectivity index (χ3v) is 3.79. The topological polar surface area (TPSA) is 68.0 Å². The van der Waals surface area contributed by atoms with Gasteiger partial charge < -0.3 is 11.1 Å². The maximum atomic E-state index is 12.2. The number of hydrogen-bond donors (Lipinski definition) is 2. The van der Waals surface area contributed by atoms with E-state index in [4.69, 9.17) is 5.73 Å². The fourth-order valence-corrected chi connectivity index (χ4v) is 2.15. The van der Waals surface area contributed by atoms with Crippen LogP contribution in [0.3, 0.4) is 0 Å². The highest BCUT2D eigenvalue weighted by atomic mass is 16.2. The van der Waals surface area contributed by atoms with Gasteiger partial charge in [-0.15, -0.1) is 0 Å². The Morgan fingerprint density at radius 2 is 2.15 bits per heavy atom. The number of amides is 1. The summed E-state index contributed by atoms with van der Waals surface area (Å²) in [6.07, 6.45) is 2.64. The Morgan fingerprint density at radius 1 is 1.40 bits per heavy atom. The van der Waals surface area contributed by atoms with Crippen LogP contribution in [0.1, 0.15) is 25.8 Å². The summed E-state index contributed by atoms with van der Waals surface area (Å²) in [7, 11) is 0. The molecular formula is C16H21N3O. The van der Waals surface area contributed by atoms with Crippen molar-refractivity contribution in [3.8, 4) is 0 Å². The maximum absolute atomic E-state index is 12.2. The van der Waals surface area contributed by atoms with Gasteiger partial charge in [0.2, 0.25) is 5.91 Å². The zero-order chi connectivity index (χ0) is 14.7. The molecule has 0 aliphatic rings. The van der Waals surface area contributed by atoms with E-state index >= 15 is 0 Å². The van der Waals surface area contributed by atoms with Crippen molar-refractivity contribution >= 4 is 22.5 Å². The molecule has 3 N–H and O–H groups in total. The summed E-state index contributed by atoms with van der Waals surface area (Å²) in [5.41, 5.74) is 8.72. The number of nitrogens with two attached hydrogens (primary N) is 1. The molecule has 0 bridgehead atoms. The van der Waals surface area contributed by atoms with E-state index in [0.717, 1.165) is 28.6 Å². The number of benzene rings is 1. The van der Waals surface area contributed by atoms with Crippen LogP contribution in [0.15, 0.2) is 30.5 Å². The number of hydrogen-bond acceptors (Lipinski definition) is 3. The van der Waals surface area contributed by atoms with Crippen molar-refractivity contribution in [1.82, 2.24) is 4.98 Å². The van der Waals surface area contributed by atoms with Gasteiger partial charge in [-0.25, -0.2) is 0 Å². The molecule has 1 aromatic carbocycles. The van der Waals surface area contributed by atoms with E-state index in [0.29, 0.717) is 0 Å². The Hall–Kier alpha value is -1.94. The molecule has 20 heavy (non-hydrogen) atoms. The first-order valence-corrected chi connectivity index (χ1v) is 6.95. The average Bonchev–Trinajstić information content (AvgIpc) is 2.48. The summed E-state index contributed by atoms with van der Waals surface area (Å²) in [6, 6.07) is 7.19. The van der Waals surface area contributed by atoms with Gasteiger partial charge in [0.1, 0.15) is 0 Å². The Kier molecular flexibility index (Phi) is 4.35. The van der Waals surface area contributed by atoms with E-state index in [-0.39, 0.29) is 11.8 Å². The van der Waals surface area contributed by atoms with Crippen LogP contribution in [0, 0.1) is 12.8 Å². The second-order valence-corrected chi connectivity index (χ2v) is 5.23. The summed E-state index contributed by atoms with van der Waals surface area (Å²) in [4.78, 5) is 16.5. The number of aromatic nitrogens is 1. The molecule has 0 fully saturated rings. The van der Waals surface area contributed by atoms with Gasteiger partial charge in [0.15, 0.2) is 0 Å². The Bertz CT molecular complexity index is 624. The minimum atomic E-state index is -0.493. The zero-order valence-corrected chi connectivity index (χ0v) is 12.2. The number of carbonyl (C=O) groups is 1. The highest BCUT2D eigenvalue weighted by molar-refractivity contribution is 6.03. The largest absolute Gasteiger partial charge is 0.324 e. The zero-order valence-electron chi connectivity index (χ0n) is 12.2. The highest BCUT2D eigenvalue weighted by Gasteiger charge is 2.20. The number of nitrogens with one attached hydrogen (secondary N) is 1. The van der Waals surface area contributed by atoms with Gasteiger partial charge in [-0.05, 0) is 36.6 Å². The Morgan fingerprint density at radius 3 is 2.85 bits per heavy atom. The number of fused-ring (bicyclic) bond motifs is 1. The van der Waals surface area contributed by atoms with Gasteiger partial charge in [-0.3, -0.25) is 9.78 Å². The number of nitrogens with zero attached hydrogens (tertiary/aromatic N) is 1. The van der Waals surface area contributed by atoms with Crippen LogP contribution in [-0.4, -0.2) is 16.9 Å². The van der Waals surface area contributed by atoms with E-state index in [2.05, 4.69) is 10.3 Å². The molecule has 2 atom stereocenters. The molecule has 0 spiro atoms. The van der Waals surface area contributed by atoms with E-state index in [1.165, 1.54) is 0 Å². The molecule has 1 unspecified atom stereocenters. The van der Waals surface area contributed by atoms with Crippen LogP contribution >= 0.6 is 0 Å². The lowest BCUT2D eigenvalue weighted by molar-refractivity contribution is -0.118. The van der Waals surface area contributed by atoms with Crippen molar-refractivity contribution in [3.63, 3.8) is 0 Å². The van der Waals surface area contributed by atoms with Gasteiger partial charge in [0.25, 0.3) is 0 Å². The second kappa shape index (κ2) is 6.01. The maximum Gasteiger partial charge on any atom is 0.241 e. The molecule has 1 heterocycles. The molecule has 0 aliphatic carbocycles. The van der Waals surface area contributed by atoms with Crippen molar-refractivity contribution < 1.29 is 4.79 Å². The first-order chi connectivity index (χ1) is 9.54. The van der Waals surface area contributed by atoms with Gasteiger partial charge in [-0.2, -0.15) is 0 Å². The van der Waals surface area contributed by atoms with Crippen LogP contribution in [0.25, 0.3) is 10.9 Å². The van der Waals surface area contributed by atoms with Gasteiger partial charge in [-0.1, -0.05) is 26.3 Å². The lowest BCUT2D eigenvalue weighted by Gasteiger charge is -2.18. The Balaban J connectivity index is 2.31. The first-order valence-electron chi connectivity index (χ1n) is 6.95. The molecule has 0 saturated carbocycles. The summed E-state index contributed by atoms with van der Waals surface area (Å²) < 4.78 is 0. The fourth-order valence-electron chi connectivity index (χ4n) is 2.15. The fraction of sp³-hybridized carbons (Fsp3) is 0.375. The normalized spacial score (nSPS) is 14.0. The van der Waals surface area contributed by atoms with Gasteiger partial charge in [0, 0.05) is 11.6 Å². The minimum absolute atomic E-state index is 0.145. The molecule has 1 aromatic heterocycles. The van der Waals surface area contributed by atoms with E-state index in [1.807, 2.05) is 45.0 Å². The lowest BCUT2D eigenvalue weighted by Crippen LogP contribution is -2.40. The lowest BCUT2D eigenvalue weighted by atomic mass is 9.99. The summed E-state index contributed by atoms with van der Waals surface area (Å²) in [6.45, 7) is 6.02. The first kappa shape index (κ1) is 14.5. The molecule has 0 radical (unpaired) electrons. The summed E-state index contributed by atoms with van der Waals surface area (Å²) in [5.74, 6) is 0.0122. The van der Waals surface area contributed by atoms with E-state index < -0.39 is 6.04 Å². The molecule has 0 saturated heterocycles. The third kappa shape index (κ3) is 2.80. The monoisotopic (exact) mass is 271 g/mol. The van der Waals surface area contributed by atoms with Crippen LogP contribution in [0.2, 0.25) is 0 Å². The van der Waals surface area contributed by atoms with Crippen molar-refractivity contribution in [1.29, 1.82) is 0 Å². The predicted molar refractivity (Wildman–Crippen MR) is 82.5 cm³/mol. The molecule has 4 nitrogen and oxygen atoms in total. The highest BCUT2D eigenvalue weighted by Crippen LogP contribution is 2.24. The molecule has 2 rings (SSSR count). The number of pyridine rings is 1. The number of aryl methyl sites for hydroxylation is 1. The predicted octanol–water partition coefficient (Wildman–Crippen LogP) is 2.86. The third-order valence-electron chi connectivity index (χ3n) is 3.79. The van der Waals surface area contributed by atoms with Gasteiger partial charge >= 0.3 is 0 Å². The van der Waals surface area contributed by atoms with Crippen molar-refractivity contribution in [2.45, 2.75) is 33.2 Å². The molecule has 106 valence electrons. The van der Waals surface area contributed by atoms with Gasteiger partial charge in [0.05, 0.1) is 17.2 Å². The smallest absolute Gasteiger partial charge is 0.241 e. The van der Waals surface area contributed by atoms with Crippen LogP contribution in [0.5, 0.6) is 0 Å². The van der Waals surface area contributed by atoms with Crippen molar-refractivity contribution in [2.75, 3.05) is 5.32 Å². The van der Waals surface area contributed by atoms with Crippen LogP contribution < -0.4 is 11.1 Å². The van der Waals surface area contributed by atoms with Crippen molar-refractivity contribution in [3.05, 3.63) is 36.0 Å². The Labute approximate surface area is 119 Å². The SMILES string of the molecule is CCC(C)[C@H](N)C(=O)Nc1ccc(C)c2ncccc12. The molecular weight excluding hydrogens is 250 g/mol. The molecule has 1 amide bonds. The molecule has 0 aliphatic heterocycles. The van der Waals surface area contributed by atoms with Crippen molar-refractivity contribution in [2.24, 2.45) is 11.7 Å². The minimum Gasteiger partial charge on any atom is -0.324 e. The van der Waals surface area contributed by atoms with E-state index in [9.17, 15) is 4.79 Å². The van der Waals surface area contributed by atoms with Crippen LogP contribution in [0.4, 0.5) is 5.69 Å². The number of rotatable bonds is 4.